The summed E-state index contributed by atoms with van der Waals surface area (Å²) in [5.41, 5.74) is 2.58. The molecule has 92 valence electrons. The van der Waals surface area contributed by atoms with Crippen molar-refractivity contribution in [2.45, 2.75) is 13.8 Å². The smallest absolute Gasteiger partial charge is 0.337 e. The van der Waals surface area contributed by atoms with Crippen molar-refractivity contribution in [3.8, 4) is 5.69 Å². The number of aromatic carboxylic acids is 1. The largest absolute Gasteiger partial charge is 0.478 e. The normalized spacial score (nSPS) is 10.3. The molecule has 0 fully saturated rings. The molecular formula is C14H13NO3. The van der Waals surface area contributed by atoms with Gasteiger partial charge in [0.1, 0.15) is 0 Å². The van der Waals surface area contributed by atoms with Crippen LogP contribution in [-0.2, 0) is 0 Å². The second kappa shape index (κ2) is 4.49. The van der Waals surface area contributed by atoms with Crippen molar-refractivity contribution in [2.24, 2.45) is 0 Å². The zero-order chi connectivity index (χ0) is 13.3. The van der Waals surface area contributed by atoms with Gasteiger partial charge < -0.3 is 5.11 Å². The van der Waals surface area contributed by atoms with Crippen molar-refractivity contribution in [1.29, 1.82) is 0 Å². The average molecular weight is 243 g/mol. The Morgan fingerprint density at radius 1 is 1.17 bits per heavy atom. The van der Waals surface area contributed by atoms with E-state index in [1.807, 2.05) is 26.0 Å². The van der Waals surface area contributed by atoms with E-state index in [9.17, 15) is 9.59 Å². The summed E-state index contributed by atoms with van der Waals surface area (Å²) in [6.07, 6.45) is 1.35. The maximum absolute atomic E-state index is 11.8. The van der Waals surface area contributed by atoms with Gasteiger partial charge in [0.25, 0.3) is 5.56 Å². The molecule has 0 aliphatic heterocycles. The van der Waals surface area contributed by atoms with Crippen LogP contribution in [0.15, 0.2) is 41.3 Å². The molecule has 0 atom stereocenters. The zero-order valence-corrected chi connectivity index (χ0v) is 10.2. The van der Waals surface area contributed by atoms with Crippen LogP contribution >= 0.6 is 0 Å². The van der Waals surface area contributed by atoms with Crippen LogP contribution in [0.25, 0.3) is 5.69 Å². The predicted molar refractivity (Wildman–Crippen MR) is 68.5 cm³/mol. The van der Waals surface area contributed by atoms with E-state index in [1.165, 1.54) is 22.9 Å². The number of hydrogen-bond acceptors (Lipinski definition) is 2. The number of hydrogen-bond donors (Lipinski definition) is 1. The van der Waals surface area contributed by atoms with Crippen LogP contribution in [0, 0.1) is 13.8 Å². The van der Waals surface area contributed by atoms with E-state index < -0.39 is 5.97 Å². The van der Waals surface area contributed by atoms with Crippen molar-refractivity contribution >= 4 is 5.97 Å². The molecule has 0 unspecified atom stereocenters. The summed E-state index contributed by atoms with van der Waals surface area (Å²) in [5, 5.41) is 8.96. The van der Waals surface area contributed by atoms with E-state index in [0.717, 1.165) is 11.1 Å². The maximum atomic E-state index is 11.8. The summed E-state index contributed by atoms with van der Waals surface area (Å²) in [6, 6.07) is 8.18. The highest BCUT2D eigenvalue weighted by atomic mass is 16.4. The van der Waals surface area contributed by atoms with Crippen LogP contribution < -0.4 is 5.56 Å². The first-order chi connectivity index (χ1) is 8.50. The van der Waals surface area contributed by atoms with Gasteiger partial charge >= 0.3 is 5.97 Å². The minimum atomic E-state index is -1.05. The molecule has 2 aromatic rings. The van der Waals surface area contributed by atoms with E-state index in [2.05, 4.69) is 0 Å². The molecule has 1 aromatic heterocycles. The Morgan fingerprint density at radius 2 is 1.89 bits per heavy atom. The molecule has 0 spiro atoms. The van der Waals surface area contributed by atoms with Gasteiger partial charge in [-0.15, -0.1) is 0 Å². The Bertz CT molecular complexity index is 671. The molecule has 0 aliphatic carbocycles. The first kappa shape index (κ1) is 12.1. The van der Waals surface area contributed by atoms with Crippen LogP contribution in [0.2, 0.25) is 0 Å². The lowest BCUT2D eigenvalue weighted by atomic mass is 10.1. The monoisotopic (exact) mass is 243 g/mol. The number of carboxylic acids is 1. The summed E-state index contributed by atoms with van der Waals surface area (Å²) < 4.78 is 1.37. The fourth-order valence-electron chi connectivity index (χ4n) is 1.80. The SMILES string of the molecule is Cc1cccc(-n2cc(C(=O)O)ccc2=O)c1C. The molecule has 1 heterocycles. The molecule has 0 radical (unpaired) electrons. The number of benzene rings is 1. The molecule has 0 saturated carbocycles. The Morgan fingerprint density at radius 3 is 2.56 bits per heavy atom. The van der Waals surface area contributed by atoms with Gasteiger partial charge in [0.05, 0.1) is 11.3 Å². The van der Waals surface area contributed by atoms with Gasteiger partial charge in [0.2, 0.25) is 0 Å². The first-order valence-corrected chi connectivity index (χ1v) is 5.53. The number of pyridine rings is 1. The molecule has 0 bridgehead atoms. The Hall–Kier alpha value is -2.36. The highest BCUT2D eigenvalue weighted by Gasteiger charge is 2.09. The van der Waals surface area contributed by atoms with Gasteiger partial charge in [-0.25, -0.2) is 4.79 Å². The zero-order valence-electron chi connectivity index (χ0n) is 10.2. The summed E-state index contributed by atoms with van der Waals surface area (Å²) in [4.78, 5) is 22.8. The number of aromatic nitrogens is 1. The molecule has 4 nitrogen and oxygen atoms in total. The number of carbonyl (C=O) groups is 1. The third kappa shape index (κ3) is 2.05. The standard InChI is InChI=1S/C14H13NO3/c1-9-4-3-5-12(10(9)2)15-8-11(14(17)18)6-7-13(15)16/h3-8H,1-2H3,(H,17,18). The second-order valence-electron chi connectivity index (χ2n) is 4.15. The molecule has 0 saturated heterocycles. The van der Waals surface area contributed by atoms with Crippen LogP contribution in [0.1, 0.15) is 21.5 Å². The molecule has 1 N–H and O–H groups in total. The Labute approximate surface area is 104 Å². The molecule has 0 aliphatic rings. The molecule has 1 aromatic carbocycles. The number of aryl methyl sites for hydroxylation is 1. The van der Waals surface area contributed by atoms with Crippen LogP contribution in [-0.4, -0.2) is 15.6 Å². The molecule has 4 heteroatoms. The summed E-state index contributed by atoms with van der Waals surface area (Å²) in [5.74, 6) is -1.05. The summed E-state index contributed by atoms with van der Waals surface area (Å²) >= 11 is 0. The average Bonchev–Trinajstić information content (AvgIpc) is 2.33. The van der Waals surface area contributed by atoms with Gasteiger partial charge in [-0.2, -0.15) is 0 Å². The quantitative estimate of drug-likeness (QED) is 0.879. The Balaban J connectivity index is 2.70. The number of carboxylic acid groups (broad SMARTS) is 1. The van der Waals surface area contributed by atoms with E-state index >= 15 is 0 Å². The Kier molecular flexibility index (Phi) is 3.02. The third-order valence-corrected chi connectivity index (χ3v) is 2.99. The fraction of sp³-hybridized carbons (Fsp3) is 0.143. The topological polar surface area (TPSA) is 59.3 Å². The summed E-state index contributed by atoms with van der Waals surface area (Å²) in [7, 11) is 0. The van der Waals surface area contributed by atoms with Crippen molar-refractivity contribution in [1.82, 2.24) is 4.57 Å². The van der Waals surface area contributed by atoms with Gasteiger partial charge in [0.15, 0.2) is 0 Å². The van der Waals surface area contributed by atoms with Crippen molar-refractivity contribution in [3.63, 3.8) is 0 Å². The van der Waals surface area contributed by atoms with E-state index in [4.69, 9.17) is 5.11 Å². The lowest BCUT2D eigenvalue weighted by Crippen LogP contribution is -2.19. The maximum Gasteiger partial charge on any atom is 0.337 e. The van der Waals surface area contributed by atoms with E-state index in [1.54, 1.807) is 6.07 Å². The first-order valence-electron chi connectivity index (χ1n) is 5.53. The minimum absolute atomic E-state index is 0.0931. The van der Waals surface area contributed by atoms with Gasteiger partial charge in [0, 0.05) is 12.3 Å². The molecule has 2 rings (SSSR count). The van der Waals surface area contributed by atoms with Gasteiger partial charge in [-0.05, 0) is 37.1 Å². The second-order valence-corrected chi connectivity index (χ2v) is 4.15. The van der Waals surface area contributed by atoms with Gasteiger partial charge in [-0.3, -0.25) is 9.36 Å². The minimum Gasteiger partial charge on any atom is -0.478 e. The highest BCUT2D eigenvalue weighted by molar-refractivity contribution is 5.87. The number of rotatable bonds is 2. The van der Waals surface area contributed by atoms with Crippen molar-refractivity contribution in [3.05, 3.63) is 63.6 Å². The van der Waals surface area contributed by atoms with Crippen LogP contribution in [0.5, 0.6) is 0 Å². The number of nitrogens with zero attached hydrogens (tertiary/aromatic N) is 1. The molecular weight excluding hydrogens is 230 g/mol. The van der Waals surface area contributed by atoms with E-state index in [-0.39, 0.29) is 11.1 Å². The molecule has 18 heavy (non-hydrogen) atoms. The lowest BCUT2D eigenvalue weighted by Gasteiger charge is -2.11. The van der Waals surface area contributed by atoms with Crippen LogP contribution in [0.4, 0.5) is 0 Å². The van der Waals surface area contributed by atoms with Crippen molar-refractivity contribution < 1.29 is 9.90 Å². The van der Waals surface area contributed by atoms with E-state index in [0.29, 0.717) is 5.69 Å². The van der Waals surface area contributed by atoms with Crippen molar-refractivity contribution in [2.75, 3.05) is 0 Å². The third-order valence-electron chi connectivity index (χ3n) is 2.99. The van der Waals surface area contributed by atoms with Crippen LogP contribution in [0.3, 0.4) is 0 Å². The lowest BCUT2D eigenvalue weighted by molar-refractivity contribution is 0.0696. The fourth-order valence-corrected chi connectivity index (χ4v) is 1.80. The highest BCUT2D eigenvalue weighted by Crippen LogP contribution is 2.16. The summed E-state index contributed by atoms with van der Waals surface area (Å²) in [6.45, 7) is 3.86. The molecule has 0 amide bonds. The van der Waals surface area contributed by atoms with Gasteiger partial charge in [-0.1, -0.05) is 12.1 Å². The predicted octanol–water partition coefficient (Wildman–Crippen LogP) is 2.15.